The second-order valence-corrected chi connectivity index (χ2v) is 4.57. The second-order valence-electron chi connectivity index (χ2n) is 4.57. The fraction of sp³-hybridized carbons (Fsp3) is 0.333. The Hall–Kier alpha value is -2.09. The van der Waals surface area contributed by atoms with Crippen molar-refractivity contribution in [1.82, 2.24) is 5.01 Å². The van der Waals surface area contributed by atoms with Gasteiger partial charge in [-0.15, -0.1) is 0 Å². The molecule has 8 heteroatoms. The van der Waals surface area contributed by atoms with Crippen LogP contribution in [0.5, 0.6) is 0 Å². The van der Waals surface area contributed by atoms with Crippen molar-refractivity contribution in [1.29, 1.82) is 0 Å². The summed E-state index contributed by atoms with van der Waals surface area (Å²) in [7, 11) is 0. The molecular weight excluding hydrogens is 275 g/mol. The summed E-state index contributed by atoms with van der Waals surface area (Å²) in [6.45, 7) is 1.31. The van der Waals surface area contributed by atoms with Gasteiger partial charge >= 0.3 is 6.18 Å². The molecule has 1 aliphatic heterocycles. The molecule has 0 unspecified atom stereocenters. The molecule has 1 aromatic carbocycles. The molecular formula is C12H12F3N3O2. The van der Waals surface area contributed by atoms with Crippen LogP contribution >= 0.6 is 0 Å². The number of hydrogen-bond donors (Lipinski definition) is 2. The maximum Gasteiger partial charge on any atom is 0.438 e. The number of hydrogen-bond acceptors (Lipinski definition) is 4. The topological polar surface area (TPSA) is 78.9 Å². The molecule has 3 N–H and O–H groups in total. The molecule has 2 rings (SSSR count). The van der Waals surface area contributed by atoms with E-state index in [1.165, 1.54) is 31.2 Å². The van der Waals surface area contributed by atoms with Gasteiger partial charge in [0.05, 0.1) is 0 Å². The van der Waals surface area contributed by atoms with E-state index in [0.717, 1.165) is 0 Å². The molecule has 1 aliphatic rings. The summed E-state index contributed by atoms with van der Waals surface area (Å²) in [6.07, 6.45) is -5.77. The Bertz CT molecular complexity index is 568. The summed E-state index contributed by atoms with van der Waals surface area (Å²) < 4.78 is 38.9. The normalized spacial score (nSPS) is 22.9. The monoisotopic (exact) mass is 287 g/mol. The van der Waals surface area contributed by atoms with E-state index >= 15 is 0 Å². The molecule has 0 saturated heterocycles. The van der Waals surface area contributed by atoms with Gasteiger partial charge in [0.15, 0.2) is 0 Å². The van der Waals surface area contributed by atoms with Crippen molar-refractivity contribution in [2.45, 2.75) is 25.2 Å². The lowest BCUT2D eigenvalue weighted by Gasteiger charge is -2.32. The molecule has 0 bridgehead atoms. The van der Waals surface area contributed by atoms with Gasteiger partial charge in [-0.05, 0) is 31.2 Å². The standard InChI is InChI=1S/C12H12F3N3O2/c1-7-6-11(20,12(13,14)15)18(17-7)10(19)8-2-4-9(16)5-3-8/h2-5,20H,6,16H2,1H3/t11-/m0/s1. The molecule has 0 aromatic heterocycles. The number of halogens is 3. The van der Waals surface area contributed by atoms with Gasteiger partial charge in [0.25, 0.3) is 11.6 Å². The molecule has 108 valence electrons. The number of rotatable bonds is 1. The third kappa shape index (κ3) is 2.22. The van der Waals surface area contributed by atoms with E-state index in [-0.39, 0.29) is 16.3 Å². The van der Waals surface area contributed by atoms with Crippen LogP contribution in [-0.4, -0.2) is 33.6 Å². The predicted octanol–water partition coefficient (Wildman–Crippen LogP) is 1.74. The molecule has 0 spiro atoms. The first kappa shape index (κ1) is 14.3. The highest BCUT2D eigenvalue weighted by atomic mass is 19.4. The molecule has 1 heterocycles. The molecule has 0 saturated carbocycles. The van der Waals surface area contributed by atoms with Crippen molar-refractivity contribution in [2.75, 3.05) is 5.73 Å². The van der Waals surface area contributed by atoms with Gasteiger partial charge in [-0.3, -0.25) is 4.79 Å². The number of hydrazone groups is 1. The maximum atomic E-state index is 13.0. The minimum absolute atomic E-state index is 0.0219. The second kappa shape index (κ2) is 4.48. The zero-order chi connectivity index (χ0) is 15.1. The molecule has 5 nitrogen and oxygen atoms in total. The van der Waals surface area contributed by atoms with Crippen LogP contribution in [0.25, 0.3) is 0 Å². The van der Waals surface area contributed by atoms with Gasteiger partial charge in [0, 0.05) is 23.4 Å². The Morgan fingerprint density at radius 1 is 1.40 bits per heavy atom. The fourth-order valence-corrected chi connectivity index (χ4v) is 1.90. The van der Waals surface area contributed by atoms with Crippen molar-refractivity contribution in [3.8, 4) is 0 Å². The SMILES string of the molecule is CC1=NN(C(=O)c2ccc(N)cc2)[C@@](O)(C(F)(F)F)C1. The van der Waals surface area contributed by atoms with Crippen LogP contribution in [0.2, 0.25) is 0 Å². The lowest BCUT2D eigenvalue weighted by molar-refractivity contribution is -0.297. The third-order valence-corrected chi connectivity index (χ3v) is 2.93. The number of carbonyl (C=O) groups is 1. The number of anilines is 1. The Morgan fingerprint density at radius 2 is 1.95 bits per heavy atom. The summed E-state index contributed by atoms with van der Waals surface area (Å²) in [5.74, 6) is -1.04. The molecule has 0 aliphatic carbocycles. The number of nitrogens with two attached hydrogens (primary N) is 1. The fourth-order valence-electron chi connectivity index (χ4n) is 1.90. The average molecular weight is 287 g/mol. The van der Waals surface area contributed by atoms with Crippen LogP contribution in [-0.2, 0) is 0 Å². The number of amides is 1. The zero-order valence-corrected chi connectivity index (χ0v) is 10.5. The lowest BCUT2D eigenvalue weighted by atomic mass is 10.1. The number of carbonyl (C=O) groups excluding carboxylic acids is 1. The van der Waals surface area contributed by atoms with Gasteiger partial charge < -0.3 is 10.8 Å². The first-order valence-corrected chi connectivity index (χ1v) is 5.68. The third-order valence-electron chi connectivity index (χ3n) is 2.93. The van der Waals surface area contributed by atoms with Gasteiger partial charge in [0.2, 0.25) is 0 Å². The van der Waals surface area contributed by atoms with Crippen molar-refractivity contribution in [3.05, 3.63) is 29.8 Å². The smallest absolute Gasteiger partial charge is 0.399 e. The minimum Gasteiger partial charge on any atom is -0.399 e. The highest BCUT2D eigenvalue weighted by Crippen LogP contribution is 2.40. The molecule has 20 heavy (non-hydrogen) atoms. The summed E-state index contributed by atoms with van der Waals surface area (Å²) in [5.41, 5.74) is 2.48. The number of aliphatic hydroxyl groups is 1. The van der Waals surface area contributed by atoms with E-state index in [1.54, 1.807) is 0 Å². The van der Waals surface area contributed by atoms with Crippen LogP contribution < -0.4 is 5.73 Å². The highest BCUT2D eigenvalue weighted by molar-refractivity contribution is 5.98. The van der Waals surface area contributed by atoms with Crippen LogP contribution in [0, 0.1) is 0 Å². The van der Waals surface area contributed by atoms with E-state index in [1.807, 2.05) is 0 Å². The average Bonchev–Trinajstić information content (AvgIpc) is 2.65. The Labute approximate surface area is 112 Å². The van der Waals surface area contributed by atoms with Crippen LogP contribution in [0.1, 0.15) is 23.7 Å². The van der Waals surface area contributed by atoms with Crippen LogP contribution in [0.15, 0.2) is 29.4 Å². The van der Waals surface area contributed by atoms with E-state index < -0.39 is 24.2 Å². The van der Waals surface area contributed by atoms with E-state index in [2.05, 4.69) is 5.10 Å². The Balaban J connectivity index is 2.39. The maximum absolute atomic E-state index is 13.0. The number of nitrogens with zero attached hydrogens (tertiary/aromatic N) is 2. The van der Waals surface area contributed by atoms with E-state index in [9.17, 15) is 23.1 Å². The summed E-state index contributed by atoms with van der Waals surface area (Å²) in [4.78, 5) is 12.1. The van der Waals surface area contributed by atoms with Gasteiger partial charge in [0.1, 0.15) is 0 Å². The Morgan fingerprint density at radius 3 is 2.45 bits per heavy atom. The number of nitrogen functional groups attached to an aromatic ring is 1. The zero-order valence-electron chi connectivity index (χ0n) is 10.5. The lowest BCUT2D eigenvalue weighted by Crippen LogP contribution is -2.56. The van der Waals surface area contributed by atoms with Crippen molar-refractivity contribution >= 4 is 17.3 Å². The molecule has 0 radical (unpaired) electrons. The quantitative estimate of drug-likeness (QED) is 0.772. The van der Waals surface area contributed by atoms with Crippen molar-refractivity contribution < 1.29 is 23.1 Å². The first-order valence-electron chi connectivity index (χ1n) is 5.68. The van der Waals surface area contributed by atoms with E-state index in [0.29, 0.717) is 5.69 Å². The van der Waals surface area contributed by atoms with Gasteiger partial charge in [-0.25, -0.2) is 0 Å². The summed E-state index contributed by atoms with van der Waals surface area (Å²) in [6, 6.07) is 5.31. The first-order chi connectivity index (χ1) is 9.15. The molecule has 1 amide bonds. The summed E-state index contributed by atoms with van der Waals surface area (Å²) in [5, 5.41) is 13.4. The van der Waals surface area contributed by atoms with E-state index in [4.69, 9.17) is 5.73 Å². The van der Waals surface area contributed by atoms with Crippen molar-refractivity contribution in [2.24, 2.45) is 5.10 Å². The number of benzene rings is 1. The molecule has 1 atom stereocenters. The van der Waals surface area contributed by atoms with Crippen LogP contribution in [0.4, 0.5) is 18.9 Å². The number of alkyl halides is 3. The molecule has 0 fully saturated rings. The van der Waals surface area contributed by atoms with Crippen LogP contribution in [0.3, 0.4) is 0 Å². The Kier molecular flexibility index (Phi) is 3.21. The van der Waals surface area contributed by atoms with Crippen molar-refractivity contribution in [3.63, 3.8) is 0 Å². The van der Waals surface area contributed by atoms with Gasteiger partial charge in [-0.2, -0.15) is 23.3 Å². The van der Waals surface area contributed by atoms with Gasteiger partial charge in [-0.1, -0.05) is 0 Å². The largest absolute Gasteiger partial charge is 0.438 e. The minimum atomic E-state index is -5.00. The molecule has 1 aromatic rings. The summed E-state index contributed by atoms with van der Waals surface area (Å²) >= 11 is 0. The predicted molar refractivity (Wildman–Crippen MR) is 65.8 cm³/mol. The highest BCUT2D eigenvalue weighted by Gasteiger charge is 2.62.